The van der Waals surface area contributed by atoms with Gasteiger partial charge in [-0.25, -0.2) is 4.39 Å². The fourth-order valence-electron chi connectivity index (χ4n) is 3.22. The summed E-state index contributed by atoms with van der Waals surface area (Å²) in [6, 6.07) is 9.40. The Morgan fingerprint density at radius 1 is 1.12 bits per heavy atom. The van der Waals surface area contributed by atoms with Crippen molar-refractivity contribution in [3.63, 3.8) is 0 Å². The molecule has 1 fully saturated rings. The third-order valence-corrected chi connectivity index (χ3v) is 4.85. The van der Waals surface area contributed by atoms with E-state index < -0.39 is 0 Å². The van der Waals surface area contributed by atoms with Crippen LogP contribution in [0.25, 0.3) is 11.3 Å². The quantitative estimate of drug-likeness (QED) is 0.889. The smallest absolute Gasteiger partial charge is 0.287 e. The minimum atomic E-state index is -0.298. The Morgan fingerprint density at radius 3 is 2.48 bits per heavy atom. The Hall–Kier alpha value is -2.14. The fraction of sp³-hybridized carbons (Fsp3) is 0.450. The van der Waals surface area contributed by atoms with Gasteiger partial charge in [0.15, 0.2) is 5.76 Å². The van der Waals surface area contributed by atoms with Gasteiger partial charge in [-0.15, -0.1) is 0 Å². The average Bonchev–Trinajstić information content (AvgIpc) is 3.11. The zero-order valence-electron chi connectivity index (χ0n) is 14.8. The molecule has 1 amide bonds. The third kappa shape index (κ3) is 4.28. The van der Waals surface area contributed by atoms with Crippen molar-refractivity contribution in [3.05, 3.63) is 48.0 Å². The van der Waals surface area contributed by atoms with Crippen LogP contribution in [0, 0.1) is 5.82 Å². The van der Waals surface area contributed by atoms with Crippen molar-refractivity contribution < 1.29 is 13.6 Å². The molecule has 1 N–H and O–H groups in total. The summed E-state index contributed by atoms with van der Waals surface area (Å²) in [6.45, 7) is 7.05. The van der Waals surface area contributed by atoms with Crippen molar-refractivity contribution in [1.82, 2.24) is 10.2 Å². The molecule has 0 radical (unpaired) electrons. The number of nitrogens with zero attached hydrogens (tertiary/aromatic N) is 1. The van der Waals surface area contributed by atoms with Crippen molar-refractivity contribution >= 4 is 5.91 Å². The molecule has 0 saturated carbocycles. The molecule has 1 aliphatic rings. The van der Waals surface area contributed by atoms with Gasteiger partial charge >= 0.3 is 0 Å². The predicted molar refractivity (Wildman–Crippen MR) is 95.9 cm³/mol. The zero-order valence-corrected chi connectivity index (χ0v) is 14.8. The van der Waals surface area contributed by atoms with Crippen molar-refractivity contribution in [3.8, 4) is 11.3 Å². The van der Waals surface area contributed by atoms with Crippen LogP contribution in [-0.4, -0.2) is 36.0 Å². The number of hydrogen-bond donors (Lipinski definition) is 1. The van der Waals surface area contributed by atoms with Gasteiger partial charge in [0.2, 0.25) is 0 Å². The lowest BCUT2D eigenvalue weighted by Crippen LogP contribution is -2.53. The summed E-state index contributed by atoms with van der Waals surface area (Å²) >= 11 is 0. The van der Waals surface area contributed by atoms with Gasteiger partial charge in [0.05, 0.1) is 0 Å². The van der Waals surface area contributed by atoms with E-state index in [9.17, 15) is 9.18 Å². The standard InChI is InChI=1S/C20H25FN2O2/c1-20(2,23-12-4-3-5-13-23)14-22-19(24)18-11-10-17(25-18)15-6-8-16(21)9-7-15/h6-11H,3-5,12-14H2,1-2H3,(H,22,24). The SMILES string of the molecule is CC(C)(CNC(=O)c1ccc(-c2ccc(F)cc2)o1)N1CCCCC1. The average molecular weight is 344 g/mol. The van der Waals surface area contributed by atoms with E-state index in [-0.39, 0.29) is 23.0 Å². The summed E-state index contributed by atoms with van der Waals surface area (Å²) in [7, 11) is 0. The summed E-state index contributed by atoms with van der Waals surface area (Å²) in [5, 5.41) is 2.98. The van der Waals surface area contributed by atoms with E-state index in [0.717, 1.165) is 18.7 Å². The van der Waals surface area contributed by atoms with Crippen LogP contribution >= 0.6 is 0 Å². The Balaban J connectivity index is 1.61. The highest BCUT2D eigenvalue weighted by Gasteiger charge is 2.28. The Morgan fingerprint density at radius 2 is 1.80 bits per heavy atom. The van der Waals surface area contributed by atoms with Crippen molar-refractivity contribution in [2.75, 3.05) is 19.6 Å². The number of likely N-dealkylation sites (tertiary alicyclic amines) is 1. The maximum Gasteiger partial charge on any atom is 0.287 e. The van der Waals surface area contributed by atoms with E-state index in [1.54, 1.807) is 24.3 Å². The molecule has 5 heteroatoms. The first-order valence-electron chi connectivity index (χ1n) is 8.85. The van der Waals surface area contributed by atoms with E-state index in [1.165, 1.54) is 31.4 Å². The summed E-state index contributed by atoms with van der Waals surface area (Å²) in [5.41, 5.74) is 0.664. The van der Waals surface area contributed by atoms with Crippen LogP contribution in [-0.2, 0) is 0 Å². The molecule has 2 heterocycles. The Bertz CT molecular complexity index is 716. The van der Waals surface area contributed by atoms with Crippen LogP contribution in [0.5, 0.6) is 0 Å². The van der Waals surface area contributed by atoms with Crippen LogP contribution < -0.4 is 5.32 Å². The largest absolute Gasteiger partial charge is 0.451 e. The van der Waals surface area contributed by atoms with Gasteiger partial charge in [-0.2, -0.15) is 0 Å². The lowest BCUT2D eigenvalue weighted by Gasteiger charge is -2.41. The molecule has 0 unspecified atom stereocenters. The van der Waals surface area contributed by atoms with Crippen LogP contribution in [0.3, 0.4) is 0 Å². The van der Waals surface area contributed by atoms with E-state index in [0.29, 0.717) is 12.3 Å². The molecule has 0 bridgehead atoms. The van der Waals surface area contributed by atoms with Gasteiger partial charge in [0.1, 0.15) is 11.6 Å². The summed E-state index contributed by atoms with van der Waals surface area (Å²) in [5.74, 6) is 0.306. The second kappa shape index (κ2) is 7.40. The minimum absolute atomic E-state index is 0.0809. The molecule has 1 saturated heterocycles. The van der Waals surface area contributed by atoms with Gasteiger partial charge in [0, 0.05) is 17.6 Å². The monoisotopic (exact) mass is 344 g/mol. The number of furan rings is 1. The number of hydrogen-bond acceptors (Lipinski definition) is 3. The summed E-state index contributed by atoms with van der Waals surface area (Å²) in [6.07, 6.45) is 3.73. The highest BCUT2D eigenvalue weighted by atomic mass is 19.1. The maximum atomic E-state index is 13.0. The van der Waals surface area contributed by atoms with Crippen LogP contribution in [0.2, 0.25) is 0 Å². The maximum absolute atomic E-state index is 13.0. The van der Waals surface area contributed by atoms with Crippen molar-refractivity contribution in [1.29, 1.82) is 0 Å². The topological polar surface area (TPSA) is 45.5 Å². The van der Waals surface area contributed by atoms with Gasteiger partial charge in [-0.3, -0.25) is 9.69 Å². The van der Waals surface area contributed by atoms with Gasteiger partial charge < -0.3 is 9.73 Å². The number of benzene rings is 1. The number of halogens is 1. The Labute approximate surface area is 148 Å². The second-order valence-electron chi connectivity index (χ2n) is 7.21. The van der Waals surface area contributed by atoms with Gasteiger partial charge in [-0.05, 0) is 76.2 Å². The van der Waals surface area contributed by atoms with Crippen LogP contribution in [0.15, 0.2) is 40.8 Å². The number of carbonyl (C=O) groups is 1. The first-order valence-corrected chi connectivity index (χ1v) is 8.85. The highest BCUT2D eigenvalue weighted by molar-refractivity contribution is 5.92. The van der Waals surface area contributed by atoms with Gasteiger partial charge in [-0.1, -0.05) is 6.42 Å². The molecule has 0 atom stereocenters. The van der Waals surface area contributed by atoms with E-state index >= 15 is 0 Å². The molecule has 3 rings (SSSR count). The van der Waals surface area contributed by atoms with Gasteiger partial charge in [0.25, 0.3) is 5.91 Å². The molecule has 2 aromatic rings. The Kier molecular flexibility index (Phi) is 5.23. The fourth-order valence-corrected chi connectivity index (χ4v) is 3.22. The molecule has 1 aromatic heterocycles. The number of rotatable bonds is 5. The number of nitrogens with one attached hydrogen (secondary N) is 1. The first kappa shape index (κ1) is 17.7. The number of piperidine rings is 1. The normalized spacial score (nSPS) is 16.0. The number of amides is 1. The molecule has 25 heavy (non-hydrogen) atoms. The molecule has 134 valence electrons. The van der Waals surface area contributed by atoms with Crippen molar-refractivity contribution in [2.45, 2.75) is 38.6 Å². The highest BCUT2D eigenvalue weighted by Crippen LogP contribution is 2.23. The van der Waals surface area contributed by atoms with E-state index in [4.69, 9.17) is 4.42 Å². The second-order valence-corrected chi connectivity index (χ2v) is 7.21. The van der Waals surface area contributed by atoms with E-state index in [2.05, 4.69) is 24.1 Å². The van der Waals surface area contributed by atoms with Crippen LogP contribution in [0.1, 0.15) is 43.7 Å². The van der Waals surface area contributed by atoms with Crippen molar-refractivity contribution in [2.24, 2.45) is 0 Å². The molecular formula is C20H25FN2O2. The lowest BCUT2D eigenvalue weighted by atomic mass is 9.98. The first-order chi connectivity index (χ1) is 12.0. The molecule has 4 nitrogen and oxygen atoms in total. The lowest BCUT2D eigenvalue weighted by molar-refractivity contribution is 0.0780. The third-order valence-electron chi connectivity index (χ3n) is 4.85. The summed E-state index contributed by atoms with van der Waals surface area (Å²) < 4.78 is 18.6. The van der Waals surface area contributed by atoms with E-state index in [1.807, 2.05) is 0 Å². The predicted octanol–water partition coefficient (Wildman–Crippen LogP) is 4.08. The molecular weight excluding hydrogens is 319 g/mol. The molecule has 0 spiro atoms. The van der Waals surface area contributed by atoms with Crippen LogP contribution in [0.4, 0.5) is 4.39 Å². The minimum Gasteiger partial charge on any atom is -0.451 e. The zero-order chi connectivity index (χ0) is 17.9. The molecule has 1 aromatic carbocycles. The number of carbonyl (C=O) groups excluding carboxylic acids is 1. The molecule has 0 aliphatic carbocycles. The summed E-state index contributed by atoms with van der Waals surface area (Å²) in [4.78, 5) is 14.8. The molecule has 1 aliphatic heterocycles.